The molecule has 0 aliphatic carbocycles. The van der Waals surface area contributed by atoms with Gasteiger partial charge in [-0.3, -0.25) is 4.90 Å². The number of ether oxygens (including phenoxy) is 2. The summed E-state index contributed by atoms with van der Waals surface area (Å²) in [5.41, 5.74) is 0. The maximum absolute atomic E-state index is 5.70. The van der Waals surface area contributed by atoms with E-state index < -0.39 is 0 Å². The normalized spacial score (nSPS) is 16.9. The van der Waals surface area contributed by atoms with Gasteiger partial charge < -0.3 is 9.47 Å². The average molecular weight is 271 g/mol. The SMILES string of the molecule is CCCCCCCCCCOCCN1CCOCC1. The van der Waals surface area contributed by atoms with Crippen molar-refractivity contribution < 1.29 is 9.47 Å². The first-order valence-electron chi connectivity index (χ1n) is 8.31. The van der Waals surface area contributed by atoms with Crippen LogP contribution in [0.2, 0.25) is 0 Å². The van der Waals surface area contributed by atoms with Gasteiger partial charge in [-0.1, -0.05) is 51.9 Å². The molecule has 0 atom stereocenters. The van der Waals surface area contributed by atoms with Gasteiger partial charge in [0.05, 0.1) is 19.8 Å². The highest BCUT2D eigenvalue weighted by molar-refractivity contribution is 4.60. The van der Waals surface area contributed by atoms with Crippen molar-refractivity contribution in [2.24, 2.45) is 0 Å². The molecule has 1 heterocycles. The third kappa shape index (κ3) is 10.3. The molecule has 0 unspecified atom stereocenters. The topological polar surface area (TPSA) is 21.7 Å². The summed E-state index contributed by atoms with van der Waals surface area (Å²) < 4.78 is 11.0. The average Bonchev–Trinajstić information content (AvgIpc) is 2.46. The Kier molecular flexibility index (Phi) is 11.5. The Hall–Kier alpha value is -0.120. The lowest BCUT2D eigenvalue weighted by Gasteiger charge is -2.26. The highest BCUT2D eigenvalue weighted by Gasteiger charge is 2.08. The quantitative estimate of drug-likeness (QED) is 0.507. The molecule has 1 fully saturated rings. The summed E-state index contributed by atoms with van der Waals surface area (Å²) >= 11 is 0. The second kappa shape index (κ2) is 12.9. The van der Waals surface area contributed by atoms with Gasteiger partial charge >= 0.3 is 0 Å². The van der Waals surface area contributed by atoms with Crippen LogP contribution in [0.4, 0.5) is 0 Å². The van der Waals surface area contributed by atoms with E-state index in [1.54, 1.807) is 0 Å². The maximum Gasteiger partial charge on any atom is 0.0594 e. The zero-order valence-electron chi connectivity index (χ0n) is 12.9. The highest BCUT2D eigenvalue weighted by Crippen LogP contribution is 2.08. The van der Waals surface area contributed by atoms with Crippen LogP contribution in [0.25, 0.3) is 0 Å². The minimum Gasteiger partial charge on any atom is -0.380 e. The molecule has 0 aromatic heterocycles. The minimum absolute atomic E-state index is 0.885. The smallest absolute Gasteiger partial charge is 0.0594 e. The lowest BCUT2D eigenvalue weighted by molar-refractivity contribution is 0.0200. The van der Waals surface area contributed by atoms with E-state index in [-0.39, 0.29) is 0 Å². The van der Waals surface area contributed by atoms with Crippen LogP contribution in [0.5, 0.6) is 0 Å². The van der Waals surface area contributed by atoms with Gasteiger partial charge in [0.1, 0.15) is 0 Å². The van der Waals surface area contributed by atoms with E-state index in [1.807, 2.05) is 0 Å². The van der Waals surface area contributed by atoms with Crippen molar-refractivity contribution in [2.45, 2.75) is 58.3 Å². The molecular weight excluding hydrogens is 238 g/mol. The molecule has 1 aliphatic heterocycles. The fourth-order valence-electron chi connectivity index (χ4n) is 2.46. The summed E-state index contributed by atoms with van der Waals surface area (Å²) in [6, 6.07) is 0. The van der Waals surface area contributed by atoms with Crippen LogP contribution in [-0.4, -0.2) is 51.0 Å². The predicted molar refractivity (Wildman–Crippen MR) is 80.7 cm³/mol. The van der Waals surface area contributed by atoms with Crippen molar-refractivity contribution in [3.63, 3.8) is 0 Å². The molecule has 0 aromatic carbocycles. The Bertz CT molecular complexity index is 182. The molecule has 0 aromatic rings. The molecule has 1 rings (SSSR count). The van der Waals surface area contributed by atoms with E-state index in [9.17, 15) is 0 Å². The number of hydrogen-bond donors (Lipinski definition) is 0. The van der Waals surface area contributed by atoms with Crippen molar-refractivity contribution in [3.8, 4) is 0 Å². The first-order valence-corrected chi connectivity index (χ1v) is 8.31. The molecule has 0 bridgehead atoms. The third-order valence-corrected chi connectivity index (χ3v) is 3.80. The number of unbranched alkanes of at least 4 members (excludes halogenated alkanes) is 7. The van der Waals surface area contributed by atoms with Crippen LogP contribution in [-0.2, 0) is 9.47 Å². The lowest BCUT2D eigenvalue weighted by atomic mass is 10.1. The van der Waals surface area contributed by atoms with Gasteiger partial charge in [0, 0.05) is 26.2 Å². The standard InChI is InChI=1S/C16H33NO2/c1-2-3-4-5-6-7-8-9-13-18-14-10-17-11-15-19-16-12-17/h2-16H2,1H3. The fourth-order valence-corrected chi connectivity index (χ4v) is 2.46. The molecule has 3 nitrogen and oxygen atoms in total. The molecule has 1 saturated heterocycles. The number of nitrogens with zero attached hydrogens (tertiary/aromatic N) is 1. The Morgan fingerprint density at radius 1 is 0.842 bits per heavy atom. The predicted octanol–water partition coefficient (Wildman–Crippen LogP) is 3.48. The monoisotopic (exact) mass is 271 g/mol. The summed E-state index contributed by atoms with van der Waals surface area (Å²) in [4.78, 5) is 2.43. The number of hydrogen-bond acceptors (Lipinski definition) is 3. The van der Waals surface area contributed by atoms with Crippen molar-refractivity contribution in [2.75, 3.05) is 46.1 Å². The Morgan fingerprint density at radius 3 is 2.16 bits per heavy atom. The molecule has 19 heavy (non-hydrogen) atoms. The summed E-state index contributed by atoms with van der Waals surface area (Å²) in [5, 5.41) is 0. The molecule has 0 N–H and O–H groups in total. The van der Waals surface area contributed by atoms with Crippen LogP contribution in [0, 0.1) is 0 Å². The molecule has 0 amide bonds. The molecule has 0 radical (unpaired) electrons. The van der Waals surface area contributed by atoms with Crippen LogP contribution >= 0.6 is 0 Å². The van der Waals surface area contributed by atoms with E-state index in [0.717, 1.165) is 46.1 Å². The summed E-state index contributed by atoms with van der Waals surface area (Å²) in [7, 11) is 0. The highest BCUT2D eigenvalue weighted by atomic mass is 16.5. The third-order valence-electron chi connectivity index (χ3n) is 3.80. The molecular formula is C16H33NO2. The number of rotatable bonds is 12. The molecule has 114 valence electrons. The van der Waals surface area contributed by atoms with Gasteiger partial charge in [-0.25, -0.2) is 0 Å². The molecule has 3 heteroatoms. The van der Waals surface area contributed by atoms with Crippen molar-refractivity contribution in [1.29, 1.82) is 0 Å². The van der Waals surface area contributed by atoms with E-state index in [4.69, 9.17) is 9.47 Å². The Labute approximate surface area is 119 Å². The van der Waals surface area contributed by atoms with Gasteiger partial charge in [-0.05, 0) is 6.42 Å². The van der Waals surface area contributed by atoms with Gasteiger partial charge in [-0.2, -0.15) is 0 Å². The van der Waals surface area contributed by atoms with Crippen LogP contribution in [0.15, 0.2) is 0 Å². The van der Waals surface area contributed by atoms with E-state index >= 15 is 0 Å². The first kappa shape index (κ1) is 16.9. The Morgan fingerprint density at radius 2 is 1.47 bits per heavy atom. The second-order valence-electron chi connectivity index (χ2n) is 5.54. The summed E-state index contributed by atoms with van der Waals surface area (Å²) in [6.45, 7) is 9.09. The van der Waals surface area contributed by atoms with Gasteiger partial charge in [0.25, 0.3) is 0 Å². The molecule has 0 spiro atoms. The van der Waals surface area contributed by atoms with E-state index in [0.29, 0.717) is 0 Å². The van der Waals surface area contributed by atoms with Gasteiger partial charge in [0.2, 0.25) is 0 Å². The summed E-state index contributed by atoms with van der Waals surface area (Å²) in [5.74, 6) is 0. The van der Waals surface area contributed by atoms with Crippen LogP contribution < -0.4 is 0 Å². The van der Waals surface area contributed by atoms with Gasteiger partial charge in [0.15, 0.2) is 0 Å². The van der Waals surface area contributed by atoms with Crippen molar-refractivity contribution in [3.05, 3.63) is 0 Å². The number of morpholine rings is 1. The Balaban J connectivity index is 1.71. The van der Waals surface area contributed by atoms with Crippen LogP contribution in [0.1, 0.15) is 58.3 Å². The largest absolute Gasteiger partial charge is 0.380 e. The van der Waals surface area contributed by atoms with E-state index in [1.165, 1.54) is 51.4 Å². The zero-order chi connectivity index (χ0) is 13.6. The van der Waals surface area contributed by atoms with Crippen molar-refractivity contribution >= 4 is 0 Å². The van der Waals surface area contributed by atoms with Crippen molar-refractivity contribution in [1.82, 2.24) is 4.90 Å². The van der Waals surface area contributed by atoms with E-state index in [2.05, 4.69) is 11.8 Å². The first-order chi connectivity index (χ1) is 9.43. The fraction of sp³-hybridized carbons (Fsp3) is 1.00. The molecule has 0 saturated carbocycles. The zero-order valence-corrected chi connectivity index (χ0v) is 12.9. The lowest BCUT2D eigenvalue weighted by Crippen LogP contribution is -2.38. The maximum atomic E-state index is 5.70. The minimum atomic E-state index is 0.885. The molecule has 1 aliphatic rings. The summed E-state index contributed by atoms with van der Waals surface area (Å²) in [6.07, 6.45) is 11.0. The van der Waals surface area contributed by atoms with Crippen LogP contribution in [0.3, 0.4) is 0 Å². The van der Waals surface area contributed by atoms with Gasteiger partial charge in [-0.15, -0.1) is 0 Å². The second-order valence-corrected chi connectivity index (χ2v) is 5.54.